The van der Waals surface area contributed by atoms with Crippen molar-refractivity contribution < 1.29 is 19.4 Å². The number of carboxylic acids is 1. The summed E-state index contributed by atoms with van der Waals surface area (Å²) in [4.78, 5) is 22.3. The summed E-state index contributed by atoms with van der Waals surface area (Å²) in [6, 6.07) is 0. The normalized spacial score (nSPS) is 20.8. The molecule has 0 aromatic heterocycles. The minimum Gasteiger partial charge on any atom is -0.481 e. The quantitative estimate of drug-likeness (QED) is 0.730. The fourth-order valence-electron chi connectivity index (χ4n) is 1.50. The van der Waals surface area contributed by atoms with Gasteiger partial charge in [0.25, 0.3) is 0 Å². The molecule has 1 saturated heterocycles. The second-order valence-corrected chi connectivity index (χ2v) is 4.73. The molecule has 1 heterocycles. The zero-order chi connectivity index (χ0) is 12.2. The fourth-order valence-corrected chi connectivity index (χ4v) is 1.50. The molecule has 5 heteroatoms. The lowest BCUT2D eigenvalue weighted by atomic mass is 9.90. The summed E-state index contributed by atoms with van der Waals surface area (Å²) in [6.45, 7) is 4.30. The zero-order valence-electron chi connectivity index (χ0n) is 9.78. The molecule has 0 aliphatic carbocycles. The van der Waals surface area contributed by atoms with Crippen LogP contribution in [0.2, 0.25) is 0 Å². The molecule has 1 unspecified atom stereocenters. The lowest BCUT2D eigenvalue weighted by molar-refractivity contribution is -0.147. The molecule has 0 spiro atoms. The van der Waals surface area contributed by atoms with Crippen molar-refractivity contribution in [2.45, 2.75) is 39.2 Å². The summed E-state index contributed by atoms with van der Waals surface area (Å²) in [6.07, 6.45) is 1.75. The van der Waals surface area contributed by atoms with E-state index in [-0.39, 0.29) is 12.0 Å². The third-order valence-corrected chi connectivity index (χ3v) is 2.85. The van der Waals surface area contributed by atoms with Crippen LogP contribution in [0.1, 0.15) is 33.1 Å². The molecule has 1 aliphatic rings. The second-order valence-electron chi connectivity index (χ2n) is 4.73. The van der Waals surface area contributed by atoms with Gasteiger partial charge in [-0.1, -0.05) is 0 Å². The largest absolute Gasteiger partial charge is 0.481 e. The summed E-state index contributed by atoms with van der Waals surface area (Å²) >= 11 is 0. The first-order valence-corrected chi connectivity index (χ1v) is 5.56. The van der Waals surface area contributed by atoms with Gasteiger partial charge in [-0.05, 0) is 33.1 Å². The number of carbonyl (C=O) groups excluding carboxylic acids is 1. The van der Waals surface area contributed by atoms with E-state index >= 15 is 0 Å². The molecule has 2 N–H and O–H groups in total. The first-order valence-electron chi connectivity index (χ1n) is 5.56. The van der Waals surface area contributed by atoms with Crippen molar-refractivity contribution in [2.75, 3.05) is 13.2 Å². The number of carbonyl (C=O) groups is 2. The molecular weight excluding hydrogens is 210 g/mol. The van der Waals surface area contributed by atoms with E-state index in [9.17, 15) is 9.59 Å². The van der Waals surface area contributed by atoms with E-state index in [2.05, 4.69) is 5.32 Å². The van der Waals surface area contributed by atoms with Crippen LogP contribution >= 0.6 is 0 Å². The van der Waals surface area contributed by atoms with Gasteiger partial charge in [0, 0.05) is 13.2 Å². The van der Waals surface area contributed by atoms with Crippen LogP contribution in [0.25, 0.3) is 0 Å². The Kier molecular flexibility index (Phi) is 4.29. The first kappa shape index (κ1) is 13.0. The van der Waals surface area contributed by atoms with Crippen molar-refractivity contribution in [3.8, 4) is 0 Å². The highest BCUT2D eigenvalue weighted by Gasteiger charge is 2.28. The number of hydrogen-bond acceptors (Lipinski definition) is 3. The Labute approximate surface area is 95.2 Å². The van der Waals surface area contributed by atoms with Gasteiger partial charge in [-0.3, -0.25) is 9.59 Å². The maximum atomic E-state index is 11.5. The van der Waals surface area contributed by atoms with Crippen LogP contribution in [0.3, 0.4) is 0 Å². The fraction of sp³-hybridized carbons (Fsp3) is 0.818. The predicted octanol–water partition coefficient (Wildman–Crippen LogP) is 0.782. The highest BCUT2D eigenvalue weighted by atomic mass is 16.5. The second kappa shape index (κ2) is 5.30. The van der Waals surface area contributed by atoms with Gasteiger partial charge in [-0.15, -0.1) is 0 Å². The smallest absolute Gasteiger partial charge is 0.309 e. The molecule has 0 saturated carbocycles. The average Bonchev–Trinajstić information content (AvgIpc) is 2.69. The SMILES string of the molecule is CC(C)(CCNC(=O)C1CCCO1)C(=O)O. The number of amides is 1. The van der Waals surface area contributed by atoms with E-state index < -0.39 is 11.4 Å². The predicted molar refractivity (Wildman–Crippen MR) is 58.0 cm³/mol. The van der Waals surface area contributed by atoms with E-state index in [1.54, 1.807) is 13.8 Å². The number of nitrogens with one attached hydrogen (secondary N) is 1. The zero-order valence-corrected chi connectivity index (χ0v) is 9.78. The molecule has 0 aromatic carbocycles. The summed E-state index contributed by atoms with van der Waals surface area (Å²) in [5.74, 6) is -0.974. The van der Waals surface area contributed by atoms with E-state index in [0.29, 0.717) is 19.6 Å². The van der Waals surface area contributed by atoms with E-state index in [0.717, 1.165) is 12.8 Å². The number of hydrogen-bond donors (Lipinski definition) is 2. The Balaban J connectivity index is 2.24. The minimum atomic E-state index is -0.848. The van der Waals surface area contributed by atoms with Crippen LogP contribution in [-0.4, -0.2) is 36.2 Å². The number of carboxylic acid groups (broad SMARTS) is 1. The molecule has 1 aliphatic heterocycles. The molecule has 1 fully saturated rings. The molecule has 92 valence electrons. The molecule has 0 radical (unpaired) electrons. The van der Waals surface area contributed by atoms with Gasteiger partial charge in [-0.2, -0.15) is 0 Å². The maximum Gasteiger partial charge on any atom is 0.309 e. The van der Waals surface area contributed by atoms with Crippen LogP contribution in [-0.2, 0) is 14.3 Å². The van der Waals surface area contributed by atoms with Crippen LogP contribution in [0, 0.1) is 5.41 Å². The highest BCUT2D eigenvalue weighted by Crippen LogP contribution is 2.19. The van der Waals surface area contributed by atoms with Gasteiger partial charge >= 0.3 is 5.97 Å². The van der Waals surface area contributed by atoms with Crippen LogP contribution < -0.4 is 5.32 Å². The third kappa shape index (κ3) is 3.48. The Morgan fingerprint density at radius 3 is 2.69 bits per heavy atom. The topological polar surface area (TPSA) is 75.6 Å². The van der Waals surface area contributed by atoms with Crippen LogP contribution in [0.5, 0.6) is 0 Å². The van der Waals surface area contributed by atoms with Crippen molar-refractivity contribution in [1.29, 1.82) is 0 Å². The van der Waals surface area contributed by atoms with Gasteiger partial charge in [-0.25, -0.2) is 0 Å². The van der Waals surface area contributed by atoms with Crippen molar-refractivity contribution in [1.82, 2.24) is 5.32 Å². The van der Waals surface area contributed by atoms with E-state index in [1.807, 2.05) is 0 Å². The molecule has 5 nitrogen and oxygen atoms in total. The average molecular weight is 229 g/mol. The number of rotatable bonds is 5. The first-order chi connectivity index (χ1) is 7.43. The Morgan fingerprint density at radius 1 is 1.50 bits per heavy atom. The van der Waals surface area contributed by atoms with Crippen molar-refractivity contribution in [2.24, 2.45) is 5.41 Å². The van der Waals surface area contributed by atoms with Gasteiger partial charge in [0.2, 0.25) is 5.91 Å². The lowest BCUT2D eigenvalue weighted by Gasteiger charge is -2.19. The van der Waals surface area contributed by atoms with Crippen molar-refractivity contribution in [3.05, 3.63) is 0 Å². The van der Waals surface area contributed by atoms with Crippen molar-refractivity contribution in [3.63, 3.8) is 0 Å². The Morgan fingerprint density at radius 2 is 2.19 bits per heavy atom. The standard InChI is InChI=1S/C11H19NO4/c1-11(2,10(14)15)5-6-12-9(13)8-4-3-7-16-8/h8H,3-7H2,1-2H3,(H,12,13)(H,14,15). The highest BCUT2D eigenvalue weighted by molar-refractivity contribution is 5.81. The number of aliphatic carboxylic acids is 1. The Bertz CT molecular complexity index is 269. The maximum absolute atomic E-state index is 11.5. The molecule has 1 rings (SSSR count). The third-order valence-electron chi connectivity index (χ3n) is 2.85. The molecule has 0 bridgehead atoms. The minimum absolute atomic E-state index is 0.126. The van der Waals surface area contributed by atoms with Gasteiger partial charge in [0.15, 0.2) is 0 Å². The molecule has 0 aromatic rings. The summed E-state index contributed by atoms with van der Waals surface area (Å²) < 4.78 is 5.22. The Hall–Kier alpha value is -1.10. The molecule has 16 heavy (non-hydrogen) atoms. The summed E-state index contributed by atoms with van der Waals surface area (Å²) in [5, 5.41) is 11.6. The monoisotopic (exact) mass is 229 g/mol. The van der Waals surface area contributed by atoms with Gasteiger partial charge < -0.3 is 15.2 Å². The lowest BCUT2D eigenvalue weighted by Crippen LogP contribution is -2.37. The van der Waals surface area contributed by atoms with Gasteiger partial charge in [0.1, 0.15) is 6.10 Å². The summed E-state index contributed by atoms with van der Waals surface area (Å²) in [7, 11) is 0. The van der Waals surface area contributed by atoms with Crippen LogP contribution in [0.15, 0.2) is 0 Å². The number of ether oxygens (including phenoxy) is 1. The molecular formula is C11H19NO4. The van der Waals surface area contributed by atoms with Crippen molar-refractivity contribution >= 4 is 11.9 Å². The van der Waals surface area contributed by atoms with Crippen LogP contribution in [0.4, 0.5) is 0 Å². The van der Waals surface area contributed by atoms with E-state index in [1.165, 1.54) is 0 Å². The van der Waals surface area contributed by atoms with E-state index in [4.69, 9.17) is 9.84 Å². The van der Waals surface area contributed by atoms with Gasteiger partial charge in [0.05, 0.1) is 5.41 Å². The molecule has 1 amide bonds. The summed E-state index contributed by atoms with van der Waals surface area (Å²) in [5.41, 5.74) is -0.802. The molecule has 1 atom stereocenters.